The minimum Gasteiger partial charge on any atom is -0.459 e. The Morgan fingerprint density at radius 3 is 2.52 bits per heavy atom. The second-order valence-electron chi connectivity index (χ2n) is 4.48. The average Bonchev–Trinajstić information content (AvgIpc) is 3.07. The molecule has 3 rings (SSSR count). The van der Waals surface area contributed by atoms with Gasteiger partial charge >= 0.3 is 0 Å². The van der Waals surface area contributed by atoms with E-state index in [0.717, 1.165) is 0 Å². The lowest BCUT2D eigenvalue weighted by Crippen LogP contribution is -2.12. The highest BCUT2D eigenvalue weighted by molar-refractivity contribution is 6.35. The van der Waals surface area contributed by atoms with Crippen LogP contribution in [0, 0.1) is 0 Å². The van der Waals surface area contributed by atoms with Crippen LogP contribution in [0.3, 0.4) is 0 Å². The van der Waals surface area contributed by atoms with Crippen molar-refractivity contribution in [1.82, 2.24) is 10.2 Å². The van der Waals surface area contributed by atoms with Gasteiger partial charge in [0.15, 0.2) is 17.4 Å². The Hall–Kier alpha value is -2.57. The monoisotopic (exact) mass is 348 g/mol. The molecule has 0 saturated heterocycles. The standard InChI is InChI=1S/C15H10Cl2N4O2/c16-9-3-4-10(17)11(8-9)18-13-5-6-14(21-20-13)19-15(22)12-2-1-7-23-12/h1-8H,(H,18,20)(H,19,21,22). The van der Waals surface area contributed by atoms with Gasteiger partial charge in [0.25, 0.3) is 5.91 Å². The number of furan rings is 1. The molecule has 0 spiro atoms. The van der Waals surface area contributed by atoms with Crippen LogP contribution in [0.4, 0.5) is 17.3 Å². The molecule has 0 radical (unpaired) electrons. The van der Waals surface area contributed by atoms with Gasteiger partial charge in [-0.25, -0.2) is 0 Å². The number of hydrogen-bond acceptors (Lipinski definition) is 5. The molecular weight excluding hydrogens is 339 g/mol. The van der Waals surface area contributed by atoms with Crippen molar-refractivity contribution in [2.45, 2.75) is 0 Å². The van der Waals surface area contributed by atoms with Gasteiger partial charge in [0.2, 0.25) is 0 Å². The summed E-state index contributed by atoms with van der Waals surface area (Å²) >= 11 is 12.0. The number of anilines is 3. The number of rotatable bonds is 4. The van der Waals surface area contributed by atoms with Crippen LogP contribution in [-0.2, 0) is 0 Å². The van der Waals surface area contributed by atoms with E-state index in [1.165, 1.54) is 6.26 Å². The number of nitrogens with zero attached hydrogens (tertiary/aromatic N) is 2. The van der Waals surface area contributed by atoms with Gasteiger partial charge in [0.05, 0.1) is 17.0 Å². The molecule has 1 aromatic carbocycles. The van der Waals surface area contributed by atoms with Gasteiger partial charge < -0.3 is 15.1 Å². The number of nitrogens with one attached hydrogen (secondary N) is 2. The minimum atomic E-state index is -0.400. The topological polar surface area (TPSA) is 80.0 Å². The maximum atomic E-state index is 11.8. The third-order valence-electron chi connectivity index (χ3n) is 2.84. The first kappa shape index (κ1) is 15.3. The summed E-state index contributed by atoms with van der Waals surface area (Å²) in [5.74, 6) is 0.557. The zero-order valence-corrected chi connectivity index (χ0v) is 13.1. The van der Waals surface area contributed by atoms with E-state index in [2.05, 4.69) is 20.8 Å². The molecule has 0 fully saturated rings. The van der Waals surface area contributed by atoms with Crippen LogP contribution in [0.15, 0.2) is 53.1 Å². The fourth-order valence-electron chi connectivity index (χ4n) is 1.78. The van der Waals surface area contributed by atoms with E-state index >= 15 is 0 Å². The maximum absolute atomic E-state index is 11.8. The number of aromatic nitrogens is 2. The minimum absolute atomic E-state index is 0.194. The first-order valence-corrected chi connectivity index (χ1v) is 7.28. The smallest absolute Gasteiger partial charge is 0.292 e. The summed E-state index contributed by atoms with van der Waals surface area (Å²) in [5.41, 5.74) is 0.612. The number of hydrogen-bond donors (Lipinski definition) is 2. The molecule has 8 heteroatoms. The van der Waals surface area contributed by atoms with Gasteiger partial charge in [-0.3, -0.25) is 4.79 Å². The van der Waals surface area contributed by atoms with Crippen molar-refractivity contribution in [1.29, 1.82) is 0 Å². The number of amides is 1. The predicted molar refractivity (Wildman–Crippen MR) is 88.4 cm³/mol. The first-order valence-electron chi connectivity index (χ1n) is 6.52. The summed E-state index contributed by atoms with van der Waals surface area (Å²) in [6.07, 6.45) is 1.42. The summed E-state index contributed by atoms with van der Waals surface area (Å²) in [6, 6.07) is 11.5. The molecular formula is C15H10Cl2N4O2. The van der Waals surface area contributed by atoms with Crippen molar-refractivity contribution >= 4 is 46.4 Å². The predicted octanol–water partition coefficient (Wildman–Crippen LogP) is 4.37. The number of halogens is 2. The molecule has 116 valence electrons. The van der Waals surface area contributed by atoms with Gasteiger partial charge in [-0.15, -0.1) is 10.2 Å². The third-order valence-corrected chi connectivity index (χ3v) is 3.41. The molecule has 0 aliphatic carbocycles. The van der Waals surface area contributed by atoms with Crippen molar-refractivity contribution in [3.05, 3.63) is 64.5 Å². The third kappa shape index (κ3) is 3.80. The highest BCUT2D eigenvalue weighted by Gasteiger charge is 2.10. The van der Waals surface area contributed by atoms with E-state index in [-0.39, 0.29) is 5.76 Å². The first-order chi connectivity index (χ1) is 11.1. The average molecular weight is 349 g/mol. The Morgan fingerprint density at radius 2 is 1.83 bits per heavy atom. The molecule has 1 amide bonds. The van der Waals surface area contributed by atoms with Gasteiger partial charge in [0.1, 0.15) is 0 Å². The molecule has 0 bridgehead atoms. The lowest BCUT2D eigenvalue weighted by atomic mass is 10.3. The van der Waals surface area contributed by atoms with E-state index in [1.807, 2.05) is 0 Å². The van der Waals surface area contributed by atoms with Crippen LogP contribution in [0.5, 0.6) is 0 Å². The highest BCUT2D eigenvalue weighted by Crippen LogP contribution is 2.27. The van der Waals surface area contributed by atoms with E-state index in [9.17, 15) is 4.79 Å². The normalized spacial score (nSPS) is 10.3. The molecule has 0 aliphatic rings. The largest absolute Gasteiger partial charge is 0.459 e. The van der Waals surface area contributed by atoms with Crippen LogP contribution < -0.4 is 10.6 Å². The fraction of sp³-hybridized carbons (Fsp3) is 0. The number of carbonyl (C=O) groups is 1. The number of benzene rings is 1. The second-order valence-corrected chi connectivity index (χ2v) is 5.33. The molecule has 0 aliphatic heterocycles. The van der Waals surface area contributed by atoms with Crippen molar-refractivity contribution in [2.75, 3.05) is 10.6 Å². The Kier molecular flexibility index (Phi) is 4.45. The van der Waals surface area contributed by atoms with Crippen molar-refractivity contribution in [3.63, 3.8) is 0 Å². The van der Waals surface area contributed by atoms with Crippen LogP contribution in [0.25, 0.3) is 0 Å². The lowest BCUT2D eigenvalue weighted by molar-refractivity contribution is 0.0996. The summed E-state index contributed by atoms with van der Waals surface area (Å²) in [4.78, 5) is 11.8. The van der Waals surface area contributed by atoms with Crippen molar-refractivity contribution in [2.24, 2.45) is 0 Å². The van der Waals surface area contributed by atoms with E-state index in [4.69, 9.17) is 27.6 Å². The van der Waals surface area contributed by atoms with Gasteiger partial charge in [-0.05, 0) is 42.5 Å². The molecule has 0 atom stereocenters. The zero-order valence-electron chi connectivity index (χ0n) is 11.6. The summed E-state index contributed by atoms with van der Waals surface area (Å²) in [5, 5.41) is 14.5. The van der Waals surface area contributed by atoms with E-state index < -0.39 is 5.91 Å². The Labute approximate surface area is 141 Å². The fourth-order valence-corrected chi connectivity index (χ4v) is 2.12. The van der Waals surface area contributed by atoms with Gasteiger partial charge in [0, 0.05) is 5.02 Å². The molecule has 6 nitrogen and oxygen atoms in total. The molecule has 23 heavy (non-hydrogen) atoms. The second kappa shape index (κ2) is 6.68. The van der Waals surface area contributed by atoms with E-state index in [1.54, 1.807) is 42.5 Å². The molecule has 0 unspecified atom stereocenters. The number of carbonyl (C=O) groups excluding carboxylic acids is 1. The summed E-state index contributed by atoms with van der Waals surface area (Å²) < 4.78 is 4.99. The Bertz CT molecular complexity index is 820. The van der Waals surface area contributed by atoms with Crippen LogP contribution in [0.1, 0.15) is 10.6 Å². The molecule has 2 N–H and O–H groups in total. The summed E-state index contributed by atoms with van der Waals surface area (Å²) in [7, 11) is 0. The quantitative estimate of drug-likeness (QED) is 0.731. The van der Waals surface area contributed by atoms with Crippen LogP contribution >= 0.6 is 23.2 Å². The molecule has 0 saturated carbocycles. The highest BCUT2D eigenvalue weighted by atomic mass is 35.5. The van der Waals surface area contributed by atoms with Gasteiger partial charge in [-0.2, -0.15) is 0 Å². The Balaban J connectivity index is 1.70. The SMILES string of the molecule is O=C(Nc1ccc(Nc2cc(Cl)ccc2Cl)nn1)c1ccco1. The maximum Gasteiger partial charge on any atom is 0.292 e. The lowest BCUT2D eigenvalue weighted by Gasteiger charge is -2.08. The van der Waals surface area contributed by atoms with Crippen LogP contribution in [-0.4, -0.2) is 16.1 Å². The van der Waals surface area contributed by atoms with Crippen LogP contribution in [0.2, 0.25) is 10.0 Å². The zero-order chi connectivity index (χ0) is 16.2. The Morgan fingerprint density at radius 1 is 1.04 bits per heavy atom. The van der Waals surface area contributed by atoms with E-state index in [0.29, 0.717) is 27.4 Å². The summed E-state index contributed by atoms with van der Waals surface area (Å²) in [6.45, 7) is 0. The molecule has 3 aromatic rings. The van der Waals surface area contributed by atoms with Gasteiger partial charge in [-0.1, -0.05) is 23.2 Å². The van der Waals surface area contributed by atoms with Crippen molar-refractivity contribution < 1.29 is 9.21 Å². The molecule has 2 heterocycles. The van der Waals surface area contributed by atoms with Crippen molar-refractivity contribution in [3.8, 4) is 0 Å². The molecule has 2 aromatic heterocycles.